The Labute approximate surface area is 95.3 Å². The summed E-state index contributed by atoms with van der Waals surface area (Å²) in [5.74, 6) is 0.164. The van der Waals surface area contributed by atoms with E-state index in [1.54, 1.807) is 6.20 Å². The fraction of sp³-hybridized carbons (Fsp3) is 0.667. The second-order valence-corrected chi connectivity index (χ2v) is 4.46. The second kappa shape index (κ2) is 4.68. The molecule has 0 aromatic carbocycles. The van der Waals surface area contributed by atoms with E-state index in [-0.39, 0.29) is 11.8 Å². The third-order valence-corrected chi connectivity index (χ3v) is 3.38. The molecule has 88 valence electrons. The molecule has 1 aromatic heterocycles. The Hall–Kier alpha value is -1.32. The van der Waals surface area contributed by atoms with Crippen molar-refractivity contribution in [1.82, 2.24) is 9.55 Å². The number of carboxylic acid groups (broad SMARTS) is 1. The number of aliphatic carboxylic acids is 1. The van der Waals surface area contributed by atoms with Gasteiger partial charge in [-0.05, 0) is 19.3 Å². The number of carboxylic acids is 1. The number of hydrogen-bond acceptors (Lipinski definition) is 2. The fourth-order valence-electron chi connectivity index (χ4n) is 2.64. The van der Waals surface area contributed by atoms with Gasteiger partial charge < -0.3 is 9.67 Å². The van der Waals surface area contributed by atoms with Gasteiger partial charge in [-0.3, -0.25) is 4.79 Å². The van der Waals surface area contributed by atoms with E-state index in [2.05, 4.69) is 16.5 Å². The molecule has 1 aromatic rings. The van der Waals surface area contributed by atoms with Gasteiger partial charge in [0.2, 0.25) is 0 Å². The summed E-state index contributed by atoms with van der Waals surface area (Å²) >= 11 is 0. The lowest BCUT2D eigenvalue weighted by Crippen LogP contribution is -2.20. The van der Waals surface area contributed by atoms with Gasteiger partial charge in [0.05, 0.1) is 5.92 Å². The molecule has 1 saturated carbocycles. The van der Waals surface area contributed by atoms with Gasteiger partial charge in [0.25, 0.3) is 0 Å². The van der Waals surface area contributed by atoms with Crippen molar-refractivity contribution in [2.24, 2.45) is 5.92 Å². The summed E-state index contributed by atoms with van der Waals surface area (Å²) in [5, 5.41) is 9.17. The molecule has 0 aliphatic heterocycles. The number of aromatic nitrogens is 2. The summed E-state index contributed by atoms with van der Waals surface area (Å²) in [6.45, 7) is 3.05. The highest BCUT2D eigenvalue weighted by Gasteiger charge is 2.36. The van der Waals surface area contributed by atoms with Gasteiger partial charge in [-0.15, -0.1) is 0 Å². The number of nitrogens with zero attached hydrogens (tertiary/aromatic N) is 2. The van der Waals surface area contributed by atoms with Crippen LogP contribution < -0.4 is 0 Å². The van der Waals surface area contributed by atoms with Crippen molar-refractivity contribution in [2.75, 3.05) is 0 Å². The first kappa shape index (κ1) is 11.2. The summed E-state index contributed by atoms with van der Waals surface area (Å²) in [5.41, 5.74) is 0. The zero-order valence-corrected chi connectivity index (χ0v) is 9.59. The van der Waals surface area contributed by atoms with Crippen molar-refractivity contribution in [3.8, 4) is 0 Å². The first-order valence-corrected chi connectivity index (χ1v) is 5.98. The molecule has 16 heavy (non-hydrogen) atoms. The summed E-state index contributed by atoms with van der Waals surface area (Å²) in [6, 6.07) is 0. The number of rotatable bonds is 4. The molecule has 0 saturated heterocycles. The van der Waals surface area contributed by atoms with Gasteiger partial charge in [0.1, 0.15) is 5.82 Å². The Morgan fingerprint density at radius 1 is 1.62 bits per heavy atom. The number of imidazole rings is 1. The summed E-state index contributed by atoms with van der Waals surface area (Å²) in [6.07, 6.45) is 7.53. The van der Waals surface area contributed by atoms with Gasteiger partial charge in [-0.2, -0.15) is 0 Å². The van der Waals surface area contributed by atoms with Gasteiger partial charge in [0, 0.05) is 24.9 Å². The largest absolute Gasteiger partial charge is 0.481 e. The molecule has 1 N–H and O–H groups in total. The Kier molecular flexibility index (Phi) is 3.27. The van der Waals surface area contributed by atoms with Crippen LogP contribution in [0.4, 0.5) is 0 Å². The van der Waals surface area contributed by atoms with Crippen molar-refractivity contribution in [3.05, 3.63) is 18.2 Å². The molecule has 2 rings (SSSR count). The lowest BCUT2D eigenvalue weighted by atomic mass is 9.95. The maximum atomic E-state index is 11.1. The van der Waals surface area contributed by atoms with Crippen molar-refractivity contribution < 1.29 is 9.90 Å². The molecule has 2 atom stereocenters. The zero-order valence-electron chi connectivity index (χ0n) is 9.59. The average molecular weight is 222 g/mol. The average Bonchev–Trinajstić information content (AvgIpc) is 2.83. The minimum absolute atomic E-state index is 0.110. The number of aryl methyl sites for hydroxylation is 1. The molecular weight excluding hydrogens is 204 g/mol. The highest BCUT2D eigenvalue weighted by atomic mass is 16.4. The van der Waals surface area contributed by atoms with Crippen LogP contribution in [0.25, 0.3) is 0 Å². The van der Waals surface area contributed by atoms with Crippen LogP contribution in [0, 0.1) is 5.92 Å². The second-order valence-electron chi connectivity index (χ2n) is 4.46. The summed E-state index contributed by atoms with van der Waals surface area (Å²) < 4.78 is 2.10. The first-order valence-electron chi connectivity index (χ1n) is 5.98. The molecule has 4 nitrogen and oxygen atoms in total. The van der Waals surface area contributed by atoms with E-state index < -0.39 is 5.97 Å². The van der Waals surface area contributed by atoms with E-state index in [1.807, 2.05) is 6.20 Å². The lowest BCUT2D eigenvalue weighted by Gasteiger charge is -2.16. The Balaban J connectivity index is 2.22. The summed E-state index contributed by atoms with van der Waals surface area (Å²) in [7, 11) is 0. The van der Waals surface area contributed by atoms with Crippen molar-refractivity contribution in [1.29, 1.82) is 0 Å². The van der Waals surface area contributed by atoms with Crippen molar-refractivity contribution in [3.63, 3.8) is 0 Å². The van der Waals surface area contributed by atoms with Crippen LogP contribution in [0.15, 0.2) is 12.4 Å². The smallest absolute Gasteiger partial charge is 0.307 e. The van der Waals surface area contributed by atoms with Crippen LogP contribution in [0.5, 0.6) is 0 Å². The van der Waals surface area contributed by atoms with E-state index in [0.717, 1.165) is 38.1 Å². The molecule has 0 amide bonds. The molecule has 1 aliphatic rings. The summed E-state index contributed by atoms with van der Waals surface area (Å²) in [4.78, 5) is 15.5. The predicted octanol–water partition coefficient (Wildman–Crippen LogP) is 2.26. The normalized spacial score (nSPS) is 24.8. The standard InChI is InChI=1S/C12H18N2O2/c1-2-7-14-8-6-13-11(14)9-4-3-5-10(9)12(15)16/h6,8-10H,2-5,7H2,1H3,(H,15,16). The van der Waals surface area contributed by atoms with E-state index in [0.29, 0.717) is 0 Å². The minimum Gasteiger partial charge on any atom is -0.481 e. The number of carbonyl (C=O) groups is 1. The molecular formula is C12H18N2O2. The fourth-order valence-corrected chi connectivity index (χ4v) is 2.64. The molecule has 0 spiro atoms. The SMILES string of the molecule is CCCn1ccnc1C1CCCC1C(=O)O. The van der Waals surface area contributed by atoms with Crippen LogP contribution in [-0.2, 0) is 11.3 Å². The highest BCUT2D eigenvalue weighted by Crippen LogP contribution is 2.38. The van der Waals surface area contributed by atoms with Crippen molar-refractivity contribution >= 4 is 5.97 Å². The van der Waals surface area contributed by atoms with Crippen molar-refractivity contribution in [2.45, 2.75) is 45.1 Å². The van der Waals surface area contributed by atoms with Crippen LogP contribution in [-0.4, -0.2) is 20.6 Å². The van der Waals surface area contributed by atoms with Gasteiger partial charge in [-0.1, -0.05) is 13.3 Å². The zero-order chi connectivity index (χ0) is 11.5. The van der Waals surface area contributed by atoms with Crippen LogP contribution in [0.2, 0.25) is 0 Å². The molecule has 4 heteroatoms. The monoisotopic (exact) mass is 222 g/mol. The highest BCUT2D eigenvalue weighted by molar-refractivity contribution is 5.71. The number of hydrogen-bond donors (Lipinski definition) is 1. The van der Waals surface area contributed by atoms with Crippen LogP contribution >= 0.6 is 0 Å². The van der Waals surface area contributed by atoms with E-state index in [4.69, 9.17) is 5.11 Å². The molecule has 0 bridgehead atoms. The maximum Gasteiger partial charge on any atom is 0.307 e. The van der Waals surface area contributed by atoms with Gasteiger partial charge >= 0.3 is 5.97 Å². The predicted molar refractivity (Wildman–Crippen MR) is 60.2 cm³/mol. The third-order valence-electron chi connectivity index (χ3n) is 3.38. The van der Waals surface area contributed by atoms with Crippen LogP contribution in [0.1, 0.15) is 44.3 Å². The topological polar surface area (TPSA) is 55.1 Å². The molecule has 0 radical (unpaired) electrons. The molecule has 1 aliphatic carbocycles. The molecule has 1 heterocycles. The van der Waals surface area contributed by atoms with E-state index in [9.17, 15) is 4.79 Å². The van der Waals surface area contributed by atoms with Gasteiger partial charge in [-0.25, -0.2) is 4.98 Å². The Bertz CT molecular complexity index is 373. The Morgan fingerprint density at radius 2 is 2.44 bits per heavy atom. The van der Waals surface area contributed by atoms with Crippen LogP contribution in [0.3, 0.4) is 0 Å². The molecule has 1 fully saturated rings. The Morgan fingerprint density at radius 3 is 3.12 bits per heavy atom. The van der Waals surface area contributed by atoms with E-state index >= 15 is 0 Å². The quantitative estimate of drug-likeness (QED) is 0.850. The molecule has 2 unspecified atom stereocenters. The first-order chi connectivity index (χ1) is 7.74. The minimum atomic E-state index is -0.673. The van der Waals surface area contributed by atoms with Gasteiger partial charge in [0.15, 0.2) is 0 Å². The lowest BCUT2D eigenvalue weighted by molar-refractivity contribution is -0.142. The maximum absolute atomic E-state index is 11.1. The van der Waals surface area contributed by atoms with E-state index in [1.165, 1.54) is 0 Å². The third kappa shape index (κ3) is 1.96.